The molecule has 0 fully saturated rings. The highest BCUT2D eigenvalue weighted by Gasteiger charge is 2.12. The first-order chi connectivity index (χ1) is 9.86. The molecule has 0 saturated carbocycles. The highest BCUT2D eigenvalue weighted by molar-refractivity contribution is 5.62. The molecule has 0 aliphatic carbocycles. The lowest BCUT2D eigenvalue weighted by Crippen LogP contribution is -2.12. The van der Waals surface area contributed by atoms with Crippen LogP contribution in [-0.2, 0) is 12.8 Å². The summed E-state index contributed by atoms with van der Waals surface area (Å²) in [4.78, 5) is 8.95. The lowest BCUT2D eigenvalue weighted by molar-refractivity contribution is 0.288. The van der Waals surface area contributed by atoms with Crippen molar-refractivity contribution in [3.05, 3.63) is 41.9 Å². The molecule has 4 nitrogen and oxygen atoms in total. The van der Waals surface area contributed by atoms with Crippen LogP contribution in [0.15, 0.2) is 30.5 Å². The maximum absolute atomic E-state index is 5.65. The molecule has 0 radical (unpaired) electrons. The molecule has 1 N–H and O–H groups in total. The van der Waals surface area contributed by atoms with Crippen molar-refractivity contribution in [2.75, 3.05) is 20.2 Å². The van der Waals surface area contributed by atoms with Crippen molar-refractivity contribution < 1.29 is 4.74 Å². The van der Waals surface area contributed by atoms with Gasteiger partial charge in [-0.05, 0) is 49.7 Å². The number of aryl methyl sites for hydroxylation is 1. The number of nitrogens with one attached hydrogen (secondary N) is 1. The van der Waals surface area contributed by atoms with E-state index in [0.717, 1.165) is 55.2 Å². The zero-order valence-corrected chi connectivity index (χ0v) is 11.7. The maximum Gasteiger partial charge on any atom is 0.130 e. The van der Waals surface area contributed by atoms with Crippen molar-refractivity contribution in [1.29, 1.82) is 0 Å². The lowest BCUT2D eigenvalue weighted by atomic mass is 10.0. The van der Waals surface area contributed by atoms with Gasteiger partial charge >= 0.3 is 0 Å². The molecule has 1 aliphatic rings. The molecular weight excluding hydrogens is 250 g/mol. The van der Waals surface area contributed by atoms with E-state index in [1.54, 1.807) is 0 Å². The normalized spacial score (nSPS) is 13.7. The zero-order valence-electron chi connectivity index (χ0n) is 11.7. The third kappa shape index (κ3) is 2.80. The summed E-state index contributed by atoms with van der Waals surface area (Å²) in [5, 5.41) is 3.12. The first-order valence-electron chi connectivity index (χ1n) is 7.09. The van der Waals surface area contributed by atoms with E-state index in [-0.39, 0.29) is 0 Å². The minimum absolute atomic E-state index is 0.827. The summed E-state index contributed by atoms with van der Waals surface area (Å²) in [5.41, 5.74) is 3.41. The minimum atomic E-state index is 0.827. The van der Waals surface area contributed by atoms with Gasteiger partial charge in [-0.15, -0.1) is 0 Å². The van der Waals surface area contributed by atoms with Crippen molar-refractivity contribution in [1.82, 2.24) is 15.3 Å². The molecule has 0 atom stereocenters. The Kier molecular flexibility index (Phi) is 3.92. The highest BCUT2D eigenvalue weighted by atomic mass is 16.5. The van der Waals surface area contributed by atoms with Gasteiger partial charge in [-0.1, -0.05) is 0 Å². The number of ether oxygens (including phenoxy) is 1. The van der Waals surface area contributed by atoms with Crippen molar-refractivity contribution in [3.8, 4) is 17.0 Å². The average Bonchev–Trinajstić information content (AvgIpc) is 2.53. The Bertz CT molecular complexity index is 598. The van der Waals surface area contributed by atoms with Crippen molar-refractivity contribution >= 4 is 0 Å². The summed E-state index contributed by atoms with van der Waals surface area (Å²) < 4.78 is 5.65. The van der Waals surface area contributed by atoms with Gasteiger partial charge in [-0.25, -0.2) is 9.97 Å². The molecule has 1 aromatic heterocycles. The van der Waals surface area contributed by atoms with Crippen LogP contribution in [-0.4, -0.2) is 30.2 Å². The van der Waals surface area contributed by atoms with E-state index < -0.39 is 0 Å². The number of fused-ring (bicyclic) bond motifs is 1. The van der Waals surface area contributed by atoms with Crippen LogP contribution in [0, 0.1) is 0 Å². The largest absolute Gasteiger partial charge is 0.493 e. The van der Waals surface area contributed by atoms with Gasteiger partial charge in [0.1, 0.15) is 11.6 Å². The third-order valence-corrected chi connectivity index (χ3v) is 3.51. The Morgan fingerprint density at radius 2 is 2.25 bits per heavy atom. The summed E-state index contributed by atoms with van der Waals surface area (Å²) in [6, 6.07) is 8.29. The van der Waals surface area contributed by atoms with Gasteiger partial charge < -0.3 is 10.1 Å². The number of benzene rings is 1. The van der Waals surface area contributed by atoms with E-state index in [0.29, 0.717) is 0 Å². The van der Waals surface area contributed by atoms with Crippen LogP contribution in [0.3, 0.4) is 0 Å². The van der Waals surface area contributed by atoms with E-state index in [9.17, 15) is 0 Å². The van der Waals surface area contributed by atoms with Crippen LogP contribution in [0.25, 0.3) is 11.3 Å². The third-order valence-electron chi connectivity index (χ3n) is 3.51. The fourth-order valence-electron chi connectivity index (χ4n) is 2.44. The van der Waals surface area contributed by atoms with Crippen molar-refractivity contribution in [2.24, 2.45) is 0 Å². The number of hydrogen-bond donors (Lipinski definition) is 1. The van der Waals surface area contributed by atoms with Crippen LogP contribution >= 0.6 is 0 Å². The lowest BCUT2D eigenvalue weighted by Gasteiger charge is -2.17. The number of nitrogens with zero attached hydrogens (tertiary/aromatic N) is 2. The smallest absolute Gasteiger partial charge is 0.130 e. The Labute approximate surface area is 119 Å². The first kappa shape index (κ1) is 13.1. The molecule has 1 aliphatic heterocycles. The second-order valence-corrected chi connectivity index (χ2v) is 4.99. The Morgan fingerprint density at radius 3 is 3.15 bits per heavy atom. The monoisotopic (exact) mass is 269 g/mol. The van der Waals surface area contributed by atoms with E-state index in [1.165, 1.54) is 5.56 Å². The van der Waals surface area contributed by atoms with Gasteiger partial charge in [0.25, 0.3) is 0 Å². The molecule has 0 spiro atoms. The molecule has 2 aromatic rings. The summed E-state index contributed by atoms with van der Waals surface area (Å²) >= 11 is 0. The van der Waals surface area contributed by atoms with Crippen molar-refractivity contribution in [3.63, 3.8) is 0 Å². The van der Waals surface area contributed by atoms with E-state index in [2.05, 4.69) is 33.5 Å². The summed E-state index contributed by atoms with van der Waals surface area (Å²) in [6.45, 7) is 1.72. The van der Waals surface area contributed by atoms with E-state index in [1.807, 2.05) is 19.3 Å². The zero-order chi connectivity index (χ0) is 13.8. The predicted molar refractivity (Wildman–Crippen MR) is 78.9 cm³/mol. The van der Waals surface area contributed by atoms with Gasteiger partial charge in [0, 0.05) is 24.7 Å². The predicted octanol–water partition coefficient (Wildman–Crippen LogP) is 2.23. The maximum atomic E-state index is 5.65. The first-order valence-corrected chi connectivity index (χ1v) is 7.09. The molecule has 104 valence electrons. The highest BCUT2D eigenvalue weighted by Crippen LogP contribution is 2.29. The topological polar surface area (TPSA) is 47.0 Å². The van der Waals surface area contributed by atoms with Crippen LogP contribution in [0.4, 0.5) is 0 Å². The molecule has 0 bridgehead atoms. The summed E-state index contributed by atoms with van der Waals surface area (Å²) in [6.07, 6.45) is 4.86. The molecule has 0 saturated heterocycles. The second kappa shape index (κ2) is 6.01. The molecule has 2 heterocycles. The van der Waals surface area contributed by atoms with Gasteiger partial charge in [-0.2, -0.15) is 0 Å². The van der Waals surface area contributed by atoms with Gasteiger partial charge in [-0.3, -0.25) is 0 Å². The molecule has 0 unspecified atom stereocenters. The Morgan fingerprint density at radius 1 is 1.30 bits per heavy atom. The number of likely N-dealkylation sites (N-methyl/N-ethyl adjacent to an activating group) is 1. The van der Waals surface area contributed by atoms with Gasteiger partial charge in [0.05, 0.1) is 12.3 Å². The van der Waals surface area contributed by atoms with Gasteiger partial charge in [0.2, 0.25) is 0 Å². The fraction of sp³-hybridized carbons (Fsp3) is 0.375. The van der Waals surface area contributed by atoms with Crippen LogP contribution in [0.2, 0.25) is 0 Å². The number of hydrogen-bond acceptors (Lipinski definition) is 4. The number of rotatable bonds is 4. The van der Waals surface area contributed by atoms with E-state index >= 15 is 0 Å². The standard InChI is InChI=1S/C16H19N3O/c1-17-8-7-16-18-9-6-14(19-16)12-4-5-15-13(11-12)3-2-10-20-15/h4-6,9,11,17H,2-3,7-8,10H2,1H3. The average molecular weight is 269 g/mol. The van der Waals surface area contributed by atoms with Crippen LogP contribution < -0.4 is 10.1 Å². The molecule has 20 heavy (non-hydrogen) atoms. The fourth-order valence-corrected chi connectivity index (χ4v) is 2.44. The minimum Gasteiger partial charge on any atom is -0.493 e. The Hall–Kier alpha value is -1.94. The second-order valence-electron chi connectivity index (χ2n) is 4.99. The SMILES string of the molecule is CNCCc1nccc(-c2ccc3c(c2)CCCO3)n1. The summed E-state index contributed by atoms with van der Waals surface area (Å²) in [7, 11) is 1.94. The van der Waals surface area contributed by atoms with Crippen molar-refractivity contribution in [2.45, 2.75) is 19.3 Å². The van der Waals surface area contributed by atoms with E-state index in [4.69, 9.17) is 4.74 Å². The molecule has 4 heteroatoms. The van der Waals surface area contributed by atoms with Crippen LogP contribution in [0.5, 0.6) is 5.75 Å². The van der Waals surface area contributed by atoms with Crippen LogP contribution in [0.1, 0.15) is 17.8 Å². The van der Waals surface area contributed by atoms with Gasteiger partial charge in [0.15, 0.2) is 0 Å². The molecule has 0 amide bonds. The Balaban J connectivity index is 1.88. The molecule has 3 rings (SSSR count). The number of aromatic nitrogens is 2. The summed E-state index contributed by atoms with van der Waals surface area (Å²) in [5.74, 6) is 1.90. The quantitative estimate of drug-likeness (QED) is 0.924. The molecular formula is C16H19N3O. The molecule has 1 aromatic carbocycles.